The van der Waals surface area contributed by atoms with Gasteiger partial charge in [0, 0.05) is 29.4 Å². The summed E-state index contributed by atoms with van der Waals surface area (Å²) in [7, 11) is 1.42. The molecule has 0 aliphatic carbocycles. The maximum atomic E-state index is 12.3. The second-order valence-corrected chi connectivity index (χ2v) is 6.99. The van der Waals surface area contributed by atoms with Crippen LogP contribution < -0.4 is 14.2 Å². The number of carbonyl (C=O) groups excluding carboxylic acids is 3. The van der Waals surface area contributed by atoms with Gasteiger partial charge in [0.2, 0.25) is 5.90 Å². The lowest BCUT2D eigenvalue weighted by atomic mass is 10.1. The van der Waals surface area contributed by atoms with Crippen molar-refractivity contribution >= 4 is 45.8 Å². The Balaban J connectivity index is 1.97. The van der Waals surface area contributed by atoms with E-state index in [0.717, 1.165) is 4.47 Å². The number of carbonyl (C=O) groups is 3. The number of hydrogen-bond donors (Lipinski definition) is 0. The molecule has 154 valence electrons. The molecule has 0 amide bonds. The largest absolute Gasteiger partial charge is 0.493 e. The van der Waals surface area contributed by atoms with Crippen molar-refractivity contribution < 1.29 is 33.3 Å². The lowest BCUT2D eigenvalue weighted by Gasteiger charge is -2.09. The summed E-state index contributed by atoms with van der Waals surface area (Å²) in [5.41, 5.74) is 0.952. The SMILES string of the molecule is COc1cc(C2=N/C(=C\c3cc(Br)ccc3OC(C)=O)C(=O)O2)ccc1OC(C)=O. The minimum absolute atomic E-state index is 0.0273. The monoisotopic (exact) mass is 473 g/mol. The van der Waals surface area contributed by atoms with Crippen LogP contribution in [0.15, 0.2) is 51.6 Å². The molecule has 0 saturated heterocycles. The first-order valence-corrected chi connectivity index (χ1v) is 9.43. The van der Waals surface area contributed by atoms with Crippen molar-refractivity contribution in [2.45, 2.75) is 13.8 Å². The van der Waals surface area contributed by atoms with Crippen molar-refractivity contribution in [1.29, 1.82) is 0 Å². The maximum Gasteiger partial charge on any atom is 0.363 e. The molecule has 0 atom stereocenters. The van der Waals surface area contributed by atoms with E-state index in [2.05, 4.69) is 20.9 Å². The Labute approximate surface area is 180 Å². The molecule has 9 heteroatoms. The lowest BCUT2D eigenvalue weighted by Crippen LogP contribution is -2.07. The van der Waals surface area contributed by atoms with E-state index in [1.807, 2.05) is 0 Å². The van der Waals surface area contributed by atoms with Gasteiger partial charge in [-0.2, -0.15) is 0 Å². The molecule has 0 N–H and O–H groups in total. The van der Waals surface area contributed by atoms with E-state index in [1.165, 1.54) is 39.2 Å². The second kappa shape index (κ2) is 8.91. The van der Waals surface area contributed by atoms with Crippen LogP contribution in [0, 0.1) is 0 Å². The van der Waals surface area contributed by atoms with Gasteiger partial charge in [0.25, 0.3) is 0 Å². The number of ether oxygens (including phenoxy) is 4. The fraction of sp³-hybridized carbons (Fsp3) is 0.143. The molecule has 0 aromatic heterocycles. The van der Waals surface area contributed by atoms with E-state index >= 15 is 0 Å². The van der Waals surface area contributed by atoms with Gasteiger partial charge in [-0.3, -0.25) is 9.59 Å². The van der Waals surface area contributed by atoms with Crippen molar-refractivity contribution in [2.24, 2.45) is 4.99 Å². The van der Waals surface area contributed by atoms with Crippen LogP contribution in [-0.4, -0.2) is 30.9 Å². The molecule has 0 saturated carbocycles. The van der Waals surface area contributed by atoms with Gasteiger partial charge in [0.1, 0.15) is 5.75 Å². The molecule has 3 rings (SSSR count). The molecule has 1 aliphatic rings. The molecule has 8 nitrogen and oxygen atoms in total. The van der Waals surface area contributed by atoms with Crippen LogP contribution >= 0.6 is 15.9 Å². The highest BCUT2D eigenvalue weighted by atomic mass is 79.9. The van der Waals surface area contributed by atoms with Crippen molar-refractivity contribution in [3.63, 3.8) is 0 Å². The van der Waals surface area contributed by atoms with Crippen LogP contribution in [0.1, 0.15) is 25.0 Å². The van der Waals surface area contributed by atoms with Gasteiger partial charge in [0.15, 0.2) is 17.2 Å². The molecular formula is C21H16BrNO7. The highest BCUT2D eigenvalue weighted by Crippen LogP contribution is 2.31. The van der Waals surface area contributed by atoms with Gasteiger partial charge in [-0.15, -0.1) is 0 Å². The first-order chi connectivity index (χ1) is 14.3. The highest BCUT2D eigenvalue weighted by molar-refractivity contribution is 9.10. The third-order valence-corrected chi connectivity index (χ3v) is 4.30. The van der Waals surface area contributed by atoms with Crippen molar-refractivity contribution in [1.82, 2.24) is 0 Å². The molecule has 2 aromatic rings. The summed E-state index contributed by atoms with van der Waals surface area (Å²) in [6, 6.07) is 9.62. The molecule has 0 fully saturated rings. The summed E-state index contributed by atoms with van der Waals surface area (Å²) in [5, 5.41) is 0. The molecule has 1 heterocycles. The molecule has 0 radical (unpaired) electrons. The van der Waals surface area contributed by atoms with Gasteiger partial charge in [0.05, 0.1) is 7.11 Å². The van der Waals surface area contributed by atoms with E-state index in [-0.39, 0.29) is 28.8 Å². The normalized spacial score (nSPS) is 14.2. The fourth-order valence-electron chi connectivity index (χ4n) is 2.60. The number of nitrogens with zero attached hydrogens (tertiary/aromatic N) is 1. The predicted molar refractivity (Wildman–Crippen MR) is 110 cm³/mol. The zero-order valence-electron chi connectivity index (χ0n) is 16.2. The number of hydrogen-bond acceptors (Lipinski definition) is 8. The Morgan fingerprint density at radius 2 is 1.67 bits per heavy atom. The van der Waals surface area contributed by atoms with E-state index in [4.69, 9.17) is 18.9 Å². The summed E-state index contributed by atoms with van der Waals surface area (Å²) in [6.07, 6.45) is 1.46. The third-order valence-electron chi connectivity index (χ3n) is 3.80. The van der Waals surface area contributed by atoms with Gasteiger partial charge in [-0.05, 0) is 42.5 Å². The lowest BCUT2D eigenvalue weighted by molar-refractivity contribution is -0.132. The van der Waals surface area contributed by atoms with Crippen LogP contribution in [0.3, 0.4) is 0 Å². The summed E-state index contributed by atoms with van der Waals surface area (Å²) >= 11 is 3.34. The predicted octanol–water partition coefficient (Wildman–Crippen LogP) is 3.65. The topological polar surface area (TPSA) is 100 Å². The zero-order chi connectivity index (χ0) is 21.8. The minimum atomic E-state index is -0.665. The number of halogens is 1. The summed E-state index contributed by atoms with van der Waals surface area (Å²) in [4.78, 5) is 39.1. The van der Waals surface area contributed by atoms with Gasteiger partial charge < -0.3 is 18.9 Å². The fourth-order valence-corrected chi connectivity index (χ4v) is 2.98. The van der Waals surface area contributed by atoms with Crippen LogP contribution in [0.4, 0.5) is 0 Å². The molecule has 0 spiro atoms. The Morgan fingerprint density at radius 3 is 2.33 bits per heavy atom. The molecule has 2 aromatic carbocycles. The molecule has 1 aliphatic heterocycles. The standard InChI is InChI=1S/C21H16BrNO7/c1-11(24)28-17-7-5-15(22)8-14(17)9-16-21(26)30-20(23-16)13-4-6-18(29-12(2)25)19(10-13)27-3/h4-10H,1-3H3/b16-9-. The average molecular weight is 474 g/mol. The number of cyclic esters (lactones) is 1. The minimum Gasteiger partial charge on any atom is -0.493 e. The van der Waals surface area contributed by atoms with Crippen molar-refractivity contribution in [2.75, 3.05) is 7.11 Å². The van der Waals surface area contributed by atoms with Crippen molar-refractivity contribution in [3.8, 4) is 17.2 Å². The highest BCUT2D eigenvalue weighted by Gasteiger charge is 2.26. The van der Waals surface area contributed by atoms with Crippen LogP contribution in [0.25, 0.3) is 6.08 Å². The van der Waals surface area contributed by atoms with Gasteiger partial charge >= 0.3 is 17.9 Å². The third kappa shape index (κ3) is 4.93. The number of benzene rings is 2. The molecule has 0 bridgehead atoms. The van der Waals surface area contributed by atoms with E-state index < -0.39 is 17.9 Å². The van der Waals surface area contributed by atoms with E-state index in [9.17, 15) is 14.4 Å². The smallest absolute Gasteiger partial charge is 0.363 e. The maximum absolute atomic E-state index is 12.3. The summed E-state index contributed by atoms with van der Waals surface area (Å²) < 4.78 is 21.4. The summed E-state index contributed by atoms with van der Waals surface area (Å²) in [6.45, 7) is 2.56. The first kappa shape index (κ1) is 21.3. The number of methoxy groups -OCH3 is 1. The molecule has 0 unspecified atom stereocenters. The first-order valence-electron chi connectivity index (χ1n) is 8.64. The average Bonchev–Trinajstić information content (AvgIpc) is 3.04. The molecular weight excluding hydrogens is 458 g/mol. The molecule has 30 heavy (non-hydrogen) atoms. The Bertz CT molecular complexity index is 1100. The van der Waals surface area contributed by atoms with Crippen LogP contribution in [0.2, 0.25) is 0 Å². The van der Waals surface area contributed by atoms with Crippen molar-refractivity contribution in [3.05, 3.63) is 57.7 Å². The Kier molecular flexibility index (Phi) is 6.31. The van der Waals surface area contributed by atoms with Gasteiger partial charge in [-0.25, -0.2) is 9.79 Å². The second-order valence-electron chi connectivity index (χ2n) is 6.07. The Morgan fingerprint density at radius 1 is 1.00 bits per heavy atom. The number of aliphatic imine (C=N–C) groups is 1. The van der Waals surface area contributed by atoms with Crippen LogP contribution in [-0.2, 0) is 19.1 Å². The Hall–Kier alpha value is -3.46. The van der Waals surface area contributed by atoms with E-state index in [0.29, 0.717) is 11.1 Å². The van der Waals surface area contributed by atoms with Crippen LogP contribution in [0.5, 0.6) is 17.2 Å². The van der Waals surface area contributed by atoms with Gasteiger partial charge in [-0.1, -0.05) is 15.9 Å². The van der Waals surface area contributed by atoms with E-state index in [1.54, 1.807) is 24.3 Å². The quantitative estimate of drug-likeness (QED) is 0.371. The zero-order valence-corrected chi connectivity index (χ0v) is 17.8. The number of rotatable bonds is 5. The number of esters is 3. The summed E-state index contributed by atoms with van der Waals surface area (Å²) in [5.74, 6) is -0.798.